The Labute approximate surface area is 120 Å². The number of nitrogens with one attached hydrogen (secondary N) is 2. The highest BCUT2D eigenvalue weighted by Crippen LogP contribution is 2.25. The van der Waals surface area contributed by atoms with Crippen molar-refractivity contribution in [1.29, 1.82) is 0 Å². The first kappa shape index (κ1) is 15.3. The molecule has 1 saturated carbocycles. The molecule has 1 aliphatic heterocycles. The minimum atomic E-state index is -0.410. The van der Waals surface area contributed by atoms with Gasteiger partial charge in [0.2, 0.25) is 0 Å². The van der Waals surface area contributed by atoms with Gasteiger partial charge in [0.25, 0.3) is 0 Å². The third kappa shape index (κ3) is 3.96. The Balaban J connectivity index is 1.73. The van der Waals surface area contributed by atoms with Crippen LogP contribution < -0.4 is 10.6 Å². The van der Waals surface area contributed by atoms with E-state index in [0.29, 0.717) is 12.5 Å². The molecule has 5 nitrogen and oxygen atoms in total. The lowest BCUT2D eigenvalue weighted by Crippen LogP contribution is -2.50. The van der Waals surface area contributed by atoms with Crippen LogP contribution >= 0.6 is 0 Å². The van der Waals surface area contributed by atoms with Crippen LogP contribution in [0.4, 0.5) is 4.79 Å². The van der Waals surface area contributed by atoms with E-state index in [1.54, 1.807) is 0 Å². The molecule has 3 N–H and O–H groups in total. The van der Waals surface area contributed by atoms with Gasteiger partial charge in [-0.1, -0.05) is 25.0 Å². The highest BCUT2D eigenvalue weighted by Gasteiger charge is 2.29. The first-order chi connectivity index (χ1) is 9.58. The number of hydrogen-bond acceptors (Lipinski definition) is 3. The largest absolute Gasteiger partial charge is 0.391 e. The molecule has 0 aromatic heterocycles. The number of aliphatic hydroxyl groups is 1. The van der Waals surface area contributed by atoms with Crippen LogP contribution in [0, 0.1) is 5.92 Å². The zero-order valence-corrected chi connectivity index (χ0v) is 12.2. The number of hydrogen-bond donors (Lipinski definition) is 3. The molecule has 1 aliphatic carbocycles. The Bertz CT molecular complexity index is 359. The Hall–Kier alpha value is -1.07. The maximum atomic E-state index is 11.9. The van der Waals surface area contributed by atoms with Gasteiger partial charge in [-0.2, -0.15) is 0 Å². The molecule has 5 heteroatoms. The second-order valence-corrected chi connectivity index (χ2v) is 6.00. The Kier molecular flexibility index (Phi) is 5.43. The summed E-state index contributed by atoms with van der Waals surface area (Å²) in [6.45, 7) is 7.21. The van der Waals surface area contributed by atoms with Crippen molar-refractivity contribution in [1.82, 2.24) is 10.6 Å². The van der Waals surface area contributed by atoms with Crippen molar-refractivity contribution in [3.05, 3.63) is 12.2 Å². The second kappa shape index (κ2) is 7.09. The molecule has 20 heavy (non-hydrogen) atoms. The van der Waals surface area contributed by atoms with Gasteiger partial charge in [-0.25, -0.2) is 4.79 Å². The number of aliphatic hydroxyl groups excluding tert-OH is 1. The van der Waals surface area contributed by atoms with E-state index in [1.165, 1.54) is 0 Å². The van der Waals surface area contributed by atoms with E-state index >= 15 is 0 Å². The van der Waals surface area contributed by atoms with Crippen LogP contribution in [0.2, 0.25) is 0 Å². The zero-order chi connectivity index (χ0) is 14.5. The van der Waals surface area contributed by atoms with Crippen LogP contribution in [0.3, 0.4) is 0 Å². The molecule has 114 valence electrons. The highest BCUT2D eigenvalue weighted by molar-refractivity contribution is 5.74. The zero-order valence-electron chi connectivity index (χ0n) is 12.2. The Morgan fingerprint density at radius 2 is 2.10 bits per heavy atom. The second-order valence-electron chi connectivity index (χ2n) is 6.00. The average Bonchev–Trinajstić information content (AvgIpc) is 2.88. The molecule has 1 heterocycles. The number of carbonyl (C=O) groups is 1. The maximum Gasteiger partial charge on any atom is 0.315 e. The number of rotatable bonds is 4. The van der Waals surface area contributed by atoms with Crippen molar-refractivity contribution >= 4 is 6.03 Å². The van der Waals surface area contributed by atoms with Gasteiger partial charge < -0.3 is 20.5 Å². The fourth-order valence-electron chi connectivity index (χ4n) is 3.11. The molecule has 1 saturated heterocycles. The summed E-state index contributed by atoms with van der Waals surface area (Å²) in [5.41, 5.74) is 1.01. The van der Waals surface area contributed by atoms with Crippen molar-refractivity contribution in [3.8, 4) is 0 Å². The molecular weight excluding hydrogens is 256 g/mol. The maximum absolute atomic E-state index is 11.9. The number of amides is 2. The summed E-state index contributed by atoms with van der Waals surface area (Å²) in [6.07, 6.45) is 4.33. The van der Waals surface area contributed by atoms with Gasteiger partial charge in [-0.15, -0.1) is 0 Å². The van der Waals surface area contributed by atoms with E-state index in [9.17, 15) is 9.90 Å². The van der Waals surface area contributed by atoms with Crippen LogP contribution in [-0.4, -0.2) is 42.5 Å². The van der Waals surface area contributed by atoms with Gasteiger partial charge in [0, 0.05) is 19.1 Å². The van der Waals surface area contributed by atoms with Crippen LogP contribution in [0.15, 0.2) is 12.2 Å². The fourth-order valence-corrected chi connectivity index (χ4v) is 3.11. The molecule has 4 atom stereocenters. The molecule has 0 bridgehead atoms. The Morgan fingerprint density at radius 3 is 2.80 bits per heavy atom. The van der Waals surface area contributed by atoms with E-state index in [2.05, 4.69) is 17.2 Å². The minimum Gasteiger partial charge on any atom is -0.391 e. The van der Waals surface area contributed by atoms with Crippen molar-refractivity contribution < 1.29 is 14.6 Å². The van der Waals surface area contributed by atoms with Crippen molar-refractivity contribution in [3.63, 3.8) is 0 Å². The third-order valence-electron chi connectivity index (χ3n) is 4.27. The van der Waals surface area contributed by atoms with Gasteiger partial charge in [-0.05, 0) is 26.2 Å². The lowest BCUT2D eigenvalue weighted by Gasteiger charge is -2.28. The summed E-state index contributed by atoms with van der Waals surface area (Å²) < 4.78 is 5.62. The summed E-state index contributed by atoms with van der Waals surface area (Å²) in [5, 5.41) is 15.6. The predicted molar refractivity (Wildman–Crippen MR) is 77.5 cm³/mol. The fraction of sp³-hybridized carbons (Fsp3) is 0.800. The van der Waals surface area contributed by atoms with Crippen molar-refractivity contribution in [2.24, 2.45) is 5.92 Å². The molecule has 0 spiro atoms. The van der Waals surface area contributed by atoms with Gasteiger partial charge in [0.15, 0.2) is 0 Å². The smallest absolute Gasteiger partial charge is 0.315 e. The minimum absolute atomic E-state index is 0.0515. The van der Waals surface area contributed by atoms with E-state index in [1.807, 2.05) is 6.92 Å². The molecular formula is C15H26N2O3. The predicted octanol–water partition coefficient (Wildman–Crippen LogP) is 1.57. The molecule has 2 unspecified atom stereocenters. The van der Waals surface area contributed by atoms with E-state index in [-0.39, 0.29) is 18.2 Å². The van der Waals surface area contributed by atoms with Crippen LogP contribution in [0.25, 0.3) is 0 Å². The topological polar surface area (TPSA) is 70.6 Å². The molecule has 0 aromatic carbocycles. The normalized spacial score (nSPS) is 33.7. The highest BCUT2D eigenvalue weighted by atomic mass is 16.5. The lowest BCUT2D eigenvalue weighted by atomic mass is 9.93. The first-order valence-electron chi connectivity index (χ1n) is 7.57. The molecule has 2 fully saturated rings. The average molecular weight is 282 g/mol. The summed E-state index contributed by atoms with van der Waals surface area (Å²) >= 11 is 0. The van der Waals surface area contributed by atoms with Crippen LogP contribution in [-0.2, 0) is 4.74 Å². The van der Waals surface area contributed by atoms with Crippen molar-refractivity contribution in [2.45, 2.75) is 57.3 Å². The summed E-state index contributed by atoms with van der Waals surface area (Å²) in [6, 6.07) is -0.302. The van der Waals surface area contributed by atoms with Gasteiger partial charge in [-0.3, -0.25) is 0 Å². The van der Waals surface area contributed by atoms with Crippen LogP contribution in [0.5, 0.6) is 0 Å². The first-order valence-corrected chi connectivity index (χ1v) is 7.57. The van der Waals surface area contributed by atoms with Gasteiger partial charge >= 0.3 is 6.03 Å². The lowest BCUT2D eigenvalue weighted by molar-refractivity contribution is 0.0937. The number of carbonyl (C=O) groups excluding carboxylic acids is 1. The van der Waals surface area contributed by atoms with Crippen LogP contribution in [0.1, 0.15) is 39.0 Å². The van der Waals surface area contributed by atoms with E-state index in [4.69, 9.17) is 4.74 Å². The Morgan fingerprint density at radius 1 is 1.35 bits per heavy atom. The number of ether oxygens (including phenoxy) is 1. The summed E-state index contributed by atoms with van der Waals surface area (Å²) in [7, 11) is 0. The van der Waals surface area contributed by atoms with Gasteiger partial charge in [0.05, 0.1) is 18.2 Å². The monoisotopic (exact) mass is 282 g/mol. The van der Waals surface area contributed by atoms with Crippen molar-refractivity contribution in [2.75, 3.05) is 13.2 Å². The van der Waals surface area contributed by atoms with Gasteiger partial charge in [0.1, 0.15) is 0 Å². The van der Waals surface area contributed by atoms with E-state index < -0.39 is 6.10 Å². The summed E-state index contributed by atoms with van der Waals surface area (Å²) in [4.78, 5) is 11.9. The molecule has 0 aromatic rings. The third-order valence-corrected chi connectivity index (χ3v) is 4.27. The SMILES string of the molecule is C=C(C)C1OCCC1CNC(=O)N[C@@H]1CCCC[C@H]1O. The standard InChI is InChI=1S/C15H26N2O3/c1-10(2)14-11(7-8-20-14)9-16-15(19)17-12-5-3-4-6-13(12)18/h11-14,18H,1,3-9H2,2H3,(H2,16,17,19)/t11?,12-,13-,14?/m1/s1. The number of urea groups is 1. The summed E-state index contributed by atoms with van der Waals surface area (Å²) in [5.74, 6) is 0.300. The van der Waals surface area contributed by atoms with E-state index in [0.717, 1.165) is 44.3 Å². The quantitative estimate of drug-likeness (QED) is 0.685. The molecule has 0 radical (unpaired) electrons. The molecule has 2 aliphatic rings. The molecule has 2 rings (SSSR count). The molecule has 2 amide bonds.